The molecule has 0 amide bonds. The molecule has 1 unspecified atom stereocenters. The van der Waals surface area contributed by atoms with Gasteiger partial charge in [0.05, 0.1) is 15.6 Å². The Morgan fingerprint density at radius 3 is 1.78 bits per heavy atom. The summed E-state index contributed by atoms with van der Waals surface area (Å²) >= 11 is 0. The van der Waals surface area contributed by atoms with Crippen LogP contribution in [-0.2, 0) is 22.6 Å². The van der Waals surface area contributed by atoms with Gasteiger partial charge in [-0.3, -0.25) is 4.90 Å². The normalized spacial score (nSPS) is 18.8. The van der Waals surface area contributed by atoms with E-state index in [-0.39, 0.29) is 6.42 Å². The molecule has 2 rings (SSSR count). The summed E-state index contributed by atoms with van der Waals surface area (Å²) in [5.41, 5.74) is 1.86. The zero-order valence-electron chi connectivity index (χ0n) is 20.2. The molecular weight excluding hydrogens is 286 g/mol. The van der Waals surface area contributed by atoms with Gasteiger partial charge in [0.2, 0.25) is 0 Å². The Bertz CT molecular complexity index is 709. The Morgan fingerprint density at radius 2 is 1.39 bits per heavy atom. The van der Waals surface area contributed by atoms with Gasteiger partial charge < -0.3 is 9.47 Å². The van der Waals surface area contributed by atoms with Crippen LogP contribution < -0.4 is 0 Å². The molecule has 0 N–H and O–H groups in total. The second kappa shape index (κ2) is 9.46. The molecule has 0 fully saturated rings. The molecule has 0 saturated heterocycles. The third kappa shape index (κ3) is 5.17. The average Bonchev–Trinajstić information content (AvgIpc) is 2.60. The van der Waals surface area contributed by atoms with E-state index in [1.165, 1.54) is 0 Å². The molecule has 3 heteroatoms. The van der Waals surface area contributed by atoms with E-state index in [4.69, 9.17) is 19.1 Å². The third-order valence-electron chi connectivity index (χ3n) is 3.76. The van der Waals surface area contributed by atoms with Gasteiger partial charge in [0.1, 0.15) is 0 Å². The summed E-state index contributed by atoms with van der Waals surface area (Å²) in [6.45, 7) is 2.44. The molecular formula is C20H27NO2. The van der Waals surface area contributed by atoms with Crippen molar-refractivity contribution in [2.24, 2.45) is 0 Å². The lowest BCUT2D eigenvalue weighted by molar-refractivity contribution is -0.150. The number of ether oxygens (including phenoxy) is 2. The van der Waals surface area contributed by atoms with Gasteiger partial charge in [0.15, 0.2) is 6.27 Å². The van der Waals surface area contributed by atoms with E-state index in [0.717, 1.165) is 11.1 Å². The van der Waals surface area contributed by atoms with E-state index in [1.807, 2.05) is 65.6 Å². The molecule has 3 nitrogen and oxygen atoms in total. The van der Waals surface area contributed by atoms with E-state index in [0.29, 0.717) is 13.1 Å². The first-order valence-corrected chi connectivity index (χ1v) is 7.64. The quantitative estimate of drug-likeness (QED) is 0.650. The summed E-state index contributed by atoms with van der Waals surface area (Å²) in [5, 5.41) is 0. The van der Waals surface area contributed by atoms with Crippen LogP contribution in [0.5, 0.6) is 0 Å². The Hall–Kier alpha value is -1.68. The highest BCUT2D eigenvalue weighted by molar-refractivity contribution is 5.17. The van der Waals surface area contributed by atoms with Crippen LogP contribution in [0.1, 0.15) is 34.1 Å². The van der Waals surface area contributed by atoms with Crippen LogP contribution in [0.2, 0.25) is 0 Å². The molecule has 1 atom stereocenters. The smallest absolute Gasteiger partial charge is 0.172 e. The first-order chi connectivity index (χ1) is 13.9. The second-order valence-electron chi connectivity index (χ2n) is 5.32. The number of rotatable bonds is 9. The van der Waals surface area contributed by atoms with Crippen molar-refractivity contribution >= 4 is 0 Å². The summed E-state index contributed by atoms with van der Waals surface area (Å²) in [5.74, 6) is 0. The fourth-order valence-corrected chi connectivity index (χ4v) is 2.64. The molecule has 0 heterocycles. The van der Waals surface area contributed by atoms with Gasteiger partial charge in [-0.05, 0) is 17.5 Å². The monoisotopic (exact) mass is 320 g/mol. The van der Waals surface area contributed by atoms with Crippen molar-refractivity contribution in [3.63, 3.8) is 0 Å². The Labute approximate surface area is 149 Å². The molecule has 0 saturated carbocycles. The van der Waals surface area contributed by atoms with E-state index in [1.54, 1.807) is 6.92 Å². The zero-order chi connectivity index (χ0) is 22.4. The number of nitrogens with zero attached hydrogens (tertiary/aromatic N) is 1. The molecule has 0 aliphatic heterocycles. The minimum absolute atomic E-state index is 0.231. The van der Waals surface area contributed by atoms with Gasteiger partial charge in [-0.15, -0.1) is 0 Å². The minimum atomic E-state index is -3.01. The Kier molecular flexibility index (Phi) is 4.21. The lowest BCUT2D eigenvalue weighted by Gasteiger charge is -2.35. The summed E-state index contributed by atoms with van der Waals surface area (Å²) in [7, 11) is -6.02. The maximum atomic E-state index is 8.64. The van der Waals surface area contributed by atoms with E-state index < -0.39 is 26.4 Å². The van der Waals surface area contributed by atoms with Crippen LogP contribution in [0.25, 0.3) is 0 Å². The summed E-state index contributed by atoms with van der Waals surface area (Å²) in [6.07, 6.45) is -2.40. The van der Waals surface area contributed by atoms with Crippen molar-refractivity contribution in [2.75, 3.05) is 14.1 Å². The fraction of sp³-hybridized carbons (Fsp3) is 0.400. The van der Waals surface area contributed by atoms with Crippen molar-refractivity contribution in [3.8, 4) is 0 Å². The van der Waals surface area contributed by atoms with Crippen LogP contribution in [0, 0.1) is 0 Å². The molecule has 0 spiro atoms. The molecule has 124 valence electrons. The topological polar surface area (TPSA) is 21.7 Å². The molecule has 0 radical (unpaired) electrons. The second-order valence-corrected chi connectivity index (χ2v) is 5.32. The van der Waals surface area contributed by atoms with Crippen LogP contribution in [0.4, 0.5) is 0 Å². The summed E-state index contributed by atoms with van der Waals surface area (Å²) < 4.78 is 63.3. The Balaban J connectivity index is 2.45. The lowest BCUT2D eigenvalue weighted by Crippen LogP contribution is -2.44. The molecule has 2 aromatic rings. The average molecular weight is 320 g/mol. The maximum absolute atomic E-state index is 8.64. The highest BCUT2D eigenvalue weighted by Gasteiger charge is 2.26. The Morgan fingerprint density at radius 1 is 0.913 bits per heavy atom. The van der Waals surface area contributed by atoms with Crippen molar-refractivity contribution < 1.29 is 19.1 Å². The highest BCUT2D eigenvalue weighted by Crippen LogP contribution is 2.19. The molecule has 0 aliphatic carbocycles. The predicted octanol–water partition coefficient (Wildman–Crippen LogP) is 4.09. The third-order valence-corrected chi connectivity index (χ3v) is 3.76. The van der Waals surface area contributed by atoms with Gasteiger partial charge in [-0.1, -0.05) is 67.6 Å². The standard InChI is InChI=1S/C20H27NO2/c1-4-19(20(22-2)23-3)21(15-17-11-7-5-8-12-17)16-18-13-9-6-10-14-18/h5-14,19-20H,4,15-16H2,1-3H3/i2D3,3D3,20D. The lowest BCUT2D eigenvalue weighted by atomic mass is 10.1. The number of hydrogen-bond acceptors (Lipinski definition) is 3. The maximum Gasteiger partial charge on any atom is 0.172 e. The van der Waals surface area contributed by atoms with Crippen molar-refractivity contribution in [1.82, 2.24) is 4.90 Å². The molecule has 0 aromatic heterocycles. The number of methoxy groups -OCH3 is 2. The fourth-order valence-electron chi connectivity index (χ4n) is 2.64. The zero-order valence-corrected chi connectivity index (χ0v) is 13.2. The molecule has 2 aromatic carbocycles. The van der Waals surface area contributed by atoms with Crippen molar-refractivity contribution in [3.05, 3.63) is 71.8 Å². The van der Waals surface area contributed by atoms with E-state index in [2.05, 4.69) is 0 Å². The number of hydrogen-bond donors (Lipinski definition) is 0. The van der Waals surface area contributed by atoms with Gasteiger partial charge in [0.25, 0.3) is 0 Å². The largest absolute Gasteiger partial charge is 0.354 e. The number of benzene rings is 2. The summed E-state index contributed by atoms with van der Waals surface area (Å²) in [4.78, 5) is 1.81. The van der Waals surface area contributed by atoms with Gasteiger partial charge in [-0.2, -0.15) is 0 Å². The van der Waals surface area contributed by atoms with E-state index >= 15 is 0 Å². The highest BCUT2D eigenvalue weighted by atomic mass is 16.7. The van der Waals surface area contributed by atoms with Gasteiger partial charge in [0, 0.05) is 27.2 Å². The van der Waals surface area contributed by atoms with E-state index in [9.17, 15) is 0 Å². The van der Waals surface area contributed by atoms with Crippen molar-refractivity contribution in [2.45, 2.75) is 38.7 Å². The minimum Gasteiger partial charge on any atom is -0.354 e. The van der Waals surface area contributed by atoms with Gasteiger partial charge in [-0.25, -0.2) is 0 Å². The summed E-state index contributed by atoms with van der Waals surface area (Å²) in [6, 6.07) is 17.9. The SMILES string of the molecule is [2H]C([2H])([2H])OC([2H])(OC([2H])([2H])[2H])C(CC)N(Cc1ccccc1)Cc1ccccc1. The predicted molar refractivity (Wildman–Crippen MR) is 94.0 cm³/mol. The van der Waals surface area contributed by atoms with Crippen LogP contribution in [0.3, 0.4) is 0 Å². The first kappa shape index (κ1) is 10.2. The molecule has 23 heavy (non-hydrogen) atoms. The molecule has 0 aliphatic rings. The first-order valence-electron chi connectivity index (χ1n) is 11.1. The molecule has 0 bridgehead atoms. The van der Waals surface area contributed by atoms with Crippen LogP contribution >= 0.6 is 0 Å². The van der Waals surface area contributed by atoms with Gasteiger partial charge >= 0.3 is 0 Å². The van der Waals surface area contributed by atoms with Crippen LogP contribution in [-0.4, -0.2) is 31.3 Å². The van der Waals surface area contributed by atoms with Crippen molar-refractivity contribution in [1.29, 1.82) is 0 Å². The van der Waals surface area contributed by atoms with Crippen LogP contribution in [0.15, 0.2) is 60.7 Å².